The molecule has 1 aliphatic rings. The van der Waals surface area contributed by atoms with Gasteiger partial charge >= 0.3 is 6.03 Å². The molecule has 2 amide bonds. The van der Waals surface area contributed by atoms with E-state index in [1.807, 2.05) is 0 Å². The molecule has 0 bridgehead atoms. The topological polar surface area (TPSA) is 136 Å². The second-order valence-electron chi connectivity index (χ2n) is 7.19. The smallest absolute Gasteiger partial charge is 0.319 e. The zero-order valence-corrected chi connectivity index (χ0v) is 17.8. The summed E-state index contributed by atoms with van der Waals surface area (Å²) in [6.07, 6.45) is 0. The first-order valence-corrected chi connectivity index (χ1v) is 11.1. The highest BCUT2D eigenvalue weighted by Gasteiger charge is 2.17. The standard InChI is InChI=1S/C19H22N6O5S/c1-12(2)23-31(27,28)14-4-5-16-15(10-14)22-24-25(16)8-7-20-19(26)21-13-3-6-17-18(9-13)30-11-29-17/h3-6,9-10,12,23H,7-8,11H2,1-2H3,(H2,20,21,26). The molecule has 12 heteroatoms. The molecule has 0 fully saturated rings. The molecule has 3 N–H and O–H groups in total. The zero-order valence-electron chi connectivity index (χ0n) is 17.0. The summed E-state index contributed by atoms with van der Waals surface area (Å²) in [6, 6.07) is 9.17. The molecular weight excluding hydrogens is 424 g/mol. The van der Waals surface area contributed by atoms with Crippen LogP contribution in [0.25, 0.3) is 11.0 Å². The van der Waals surface area contributed by atoms with Crippen LogP contribution in [0.15, 0.2) is 41.3 Å². The van der Waals surface area contributed by atoms with Gasteiger partial charge < -0.3 is 20.1 Å². The predicted octanol–water partition coefficient (Wildman–Crippen LogP) is 1.67. The van der Waals surface area contributed by atoms with Gasteiger partial charge in [-0.05, 0) is 44.2 Å². The number of nitrogens with one attached hydrogen (secondary N) is 3. The molecule has 0 saturated carbocycles. The van der Waals surface area contributed by atoms with Crippen molar-refractivity contribution in [2.24, 2.45) is 0 Å². The van der Waals surface area contributed by atoms with Gasteiger partial charge in [-0.1, -0.05) is 5.21 Å². The lowest BCUT2D eigenvalue weighted by atomic mass is 10.3. The van der Waals surface area contributed by atoms with Crippen molar-refractivity contribution in [1.82, 2.24) is 25.0 Å². The monoisotopic (exact) mass is 446 g/mol. The zero-order chi connectivity index (χ0) is 22.0. The summed E-state index contributed by atoms with van der Waals surface area (Å²) in [5.74, 6) is 1.22. The summed E-state index contributed by atoms with van der Waals surface area (Å²) in [5, 5.41) is 13.6. The third-order valence-corrected chi connectivity index (χ3v) is 6.08. The summed E-state index contributed by atoms with van der Waals surface area (Å²) >= 11 is 0. The number of rotatable bonds is 7. The quantitative estimate of drug-likeness (QED) is 0.502. The summed E-state index contributed by atoms with van der Waals surface area (Å²) in [4.78, 5) is 12.3. The largest absolute Gasteiger partial charge is 0.454 e. The highest BCUT2D eigenvalue weighted by Crippen LogP contribution is 2.34. The number of anilines is 1. The summed E-state index contributed by atoms with van der Waals surface area (Å²) < 4.78 is 39.3. The van der Waals surface area contributed by atoms with Crippen molar-refractivity contribution in [3.05, 3.63) is 36.4 Å². The second-order valence-corrected chi connectivity index (χ2v) is 8.90. The second kappa shape index (κ2) is 8.40. The Labute approximate surface area is 178 Å². The normalized spacial score (nSPS) is 13.0. The van der Waals surface area contributed by atoms with E-state index in [-0.39, 0.29) is 23.8 Å². The number of urea groups is 1. The van der Waals surface area contributed by atoms with Crippen molar-refractivity contribution in [3.8, 4) is 11.5 Å². The van der Waals surface area contributed by atoms with Gasteiger partial charge in [-0.2, -0.15) is 0 Å². The first-order chi connectivity index (χ1) is 14.8. The lowest BCUT2D eigenvalue weighted by molar-refractivity contribution is 0.174. The molecule has 11 nitrogen and oxygen atoms in total. The molecule has 0 atom stereocenters. The van der Waals surface area contributed by atoms with Crippen LogP contribution in [0.4, 0.5) is 10.5 Å². The Morgan fingerprint density at radius 3 is 2.77 bits per heavy atom. The minimum absolute atomic E-state index is 0.127. The minimum atomic E-state index is -3.61. The van der Waals surface area contributed by atoms with Crippen molar-refractivity contribution in [2.45, 2.75) is 31.3 Å². The molecule has 0 aliphatic carbocycles. The lowest BCUT2D eigenvalue weighted by Crippen LogP contribution is -2.31. The molecule has 0 spiro atoms. The summed E-state index contributed by atoms with van der Waals surface area (Å²) in [7, 11) is -3.61. The average Bonchev–Trinajstić information content (AvgIpc) is 3.33. The van der Waals surface area contributed by atoms with Crippen LogP contribution in [-0.4, -0.2) is 48.8 Å². The average molecular weight is 446 g/mol. The number of benzene rings is 2. The fraction of sp³-hybridized carbons (Fsp3) is 0.316. The molecule has 1 aromatic heterocycles. The number of hydrogen-bond donors (Lipinski definition) is 3. The van der Waals surface area contributed by atoms with Crippen molar-refractivity contribution in [3.63, 3.8) is 0 Å². The number of hydrogen-bond acceptors (Lipinski definition) is 7. The van der Waals surface area contributed by atoms with Crippen LogP contribution in [0.2, 0.25) is 0 Å². The number of aromatic nitrogens is 3. The maximum atomic E-state index is 12.3. The molecule has 3 aromatic rings. The van der Waals surface area contributed by atoms with Crippen LogP contribution in [0, 0.1) is 0 Å². The van der Waals surface area contributed by atoms with Gasteiger partial charge in [0.2, 0.25) is 16.8 Å². The molecule has 0 saturated heterocycles. The Balaban J connectivity index is 1.35. The van der Waals surface area contributed by atoms with Gasteiger partial charge in [0.25, 0.3) is 0 Å². The van der Waals surface area contributed by atoms with E-state index in [1.165, 1.54) is 12.1 Å². The highest BCUT2D eigenvalue weighted by molar-refractivity contribution is 7.89. The third kappa shape index (κ3) is 4.70. The van der Waals surface area contributed by atoms with Crippen LogP contribution in [0.3, 0.4) is 0 Å². The van der Waals surface area contributed by atoms with Crippen LogP contribution in [0.5, 0.6) is 11.5 Å². The number of carbonyl (C=O) groups excluding carboxylic acids is 1. The number of nitrogens with zero attached hydrogens (tertiary/aromatic N) is 3. The molecular formula is C19H22N6O5S. The lowest BCUT2D eigenvalue weighted by Gasteiger charge is -2.10. The third-order valence-electron chi connectivity index (χ3n) is 4.43. The van der Waals surface area contributed by atoms with Gasteiger partial charge in [0, 0.05) is 24.3 Å². The van der Waals surface area contributed by atoms with E-state index in [0.29, 0.717) is 41.3 Å². The van der Waals surface area contributed by atoms with Crippen molar-refractivity contribution < 1.29 is 22.7 Å². The van der Waals surface area contributed by atoms with Gasteiger partial charge in [-0.15, -0.1) is 5.10 Å². The van der Waals surface area contributed by atoms with Crippen LogP contribution >= 0.6 is 0 Å². The van der Waals surface area contributed by atoms with Gasteiger partial charge in [-0.25, -0.2) is 22.6 Å². The molecule has 164 valence electrons. The van der Waals surface area contributed by atoms with Crippen molar-refractivity contribution in [1.29, 1.82) is 0 Å². The number of sulfonamides is 1. The van der Waals surface area contributed by atoms with E-state index < -0.39 is 10.0 Å². The van der Waals surface area contributed by atoms with Gasteiger partial charge in [0.15, 0.2) is 11.5 Å². The van der Waals surface area contributed by atoms with E-state index in [9.17, 15) is 13.2 Å². The highest BCUT2D eigenvalue weighted by atomic mass is 32.2. The van der Waals surface area contributed by atoms with E-state index >= 15 is 0 Å². The maximum Gasteiger partial charge on any atom is 0.319 e. The molecule has 4 rings (SSSR count). The number of amides is 2. The first-order valence-electron chi connectivity index (χ1n) is 9.62. The first kappa shape index (κ1) is 20.9. The summed E-state index contributed by atoms with van der Waals surface area (Å²) in [6.45, 7) is 4.33. The minimum Gasteiger partial charge on any atom is -0.454 e. The summed E-state index contributed by atoms with van der Waals surface area (Å²) in [5.41, 5.74) is 1.70. The van der Waals surface area contributed by atoms with E-state index in [4.69, 9.17) is 9.47 Å². The molecule has 0 unspecified atom stereocenters. The van der Waals surface area contributed by atoms with Crippen LogP contribution in [0.1, 0.15) is 13.8 Å². The molecule has 2 heterocycles. The van der Waals surface area contributed by atoms with Crippen molar-refractivity contribution in [2.75, 3.05) is 18.7 Å². The number of ether oxygens (including phenoxy) is 2. The predicted molar refractivity (Wildman–Crippen MR) is 113 cm³/mol. The molecule has 31 heavy (non-hydrogen) atoms. The Kier molecular flexibility index (Phi) is 5.65. The molecule has 2 aromatic carbocycles. The van der Waals surface area contributed by atoms with E-state index in [0.717, 1.165) is 0 Å². The Morgan fingerprint density at radius 2 is 1.97 bits per heavy atom. The van der Waals surface area contributed by atoms with Gasteiger partial charge in [0.1, 0.15) is 5.52 Å². The maximum absolute atomic E-state index is 12.3. The fourth-order valence-electron chi connectivity index (χ4n) is 3.09. The van der Waals surface area contributed by atoms with E-state index in [2.05, 4.69) is 25.7 Å². The Hall–Kier alpha value is -3.38. The SMILES string of the molecule is CC(C)NS(=O)(=O)c1ccc2c(c1)nnn2CCNC(=O)Nc1ccc2c(c1)OCO2. The van der Waals surface area contributed by atoms with Crippen LogP contribution < -0.4 is 24.8 Å². The number of carbonyl (C=O) groups is 1. The molecule has 0 radical (unpaired) electrons. The molecule has 1 aliphatic heterocycles. The van der Waals surface area contributed by atoms with Crippen LogP contribution in [-0.2, 0) is 16.6 Å². The van der Waals surface area contributed by atoms with E-state index in [1.54, 1.807) is 42.8 Å². The fourth-order valence-corrected chi connectivity index (χ4v) is 4.36. The number of fused-ring (bicyclic) bond motifs is 2. The Morgan fingerprint density at radius 1 is 1.16 bits per heavy atom. The Bertz CT molecular complexity index is 1220. The van der Waals surface area contributed by atoms with Crippen molar-refractivity contribution >= 4 is 32.8 Å². The van der Waals surface area contributed by atoms with Gasteiger partial charge in [0.05, 0.1) is 17.0 Å². The van der Waals surface area contributed by atoms with Gasteiger partial charge in [-0.3, -0.25) is 0 Å².